The van der Waals surface area contributed by atoms with Crippen LogP contribution in [0.15, 0.2) is 42.7 Å². The number of carbonyl (C=O) groups is 1. The minimum Gasteiger partial charge on any atom is -0.477 e. The fourth-order valence-electron chi connectivity index (χ4n) is 2.19. The van der Waals surface area contributed by atoms with Gasteiger partial charge >= 0.3 is 5.97 Å². The van der Waals surface area contributed by atoms with Crippen LogP contribution in [0.4, 0.5) is 5.82 Å². The highest BCUT2D eigenvalue weighted by Gasteiger charge is 2.10. The molecule has 3 aromatic rings. The van der Waals surface area contributed by atoms with Gasteiger partial charge in [-0.2, -0.15) is 5.10 Å². The van der Waals surface area contributed by atoms with E-state index in [1.54, 1.807) is 16.9 Å². The molecule has 1 aromatic carbocycles. The molecular weight excluding hydrogens is 268 g/mol. The van der Waals surface area contributed by atoms with Gasteiger partial charge in [0.15, 0.2) is 5.69 Å². The Morgan fingerprint density at radius 2 is 2.19 bits per heavy atom. The van der Waals surface area contributed by atoms with Crippen molar-refractivity contribution in [1.29, 1.82) is 0 Å². The molecule has 0 radical (unpaired) electrons. The maximum Gasteiger partial charge on any atom is 0.354 e. The highest BCUT2D eigenvalue weighted by molar-refractivity contribution is 5.97. The zero-order valence-corrected chi connectivity index (χ0v) is 11.4. The summed E-state index contributed by atoms with van der Waals surface area (Å²) in [6.45, 7) is 0.536. The number of benzene rings is 1. The summed E-state index contributed by atoms with van der Waals surface area (Å²) >= 11 is 0. The van der Waals surface area contributed by atoms with Crippen molar-refractivity contribution in [1.82, 2.24) is 14.8 Å². The van der Waals surface area contributed by atoms with Gasteiger partial charge < -0.3 is 10.4 Å². The van der Waals surface area contributed by atoms with Crippen molar-refractivity contribution < 1.29 is 9.90 Å². The largest absolute Gasteiger partial charge is 0.477 e. The maximum absolute atomic E-state index is 11.2. The lowest BCUT2D eigenvalue weighted by molar-refractivity contribution is 0.0691. The normalized spacial score (nSPS) is 10.7. The van der Waals surface area contributed by atoms with Gasteiger partial charge in [0.05, 0.1) is 6.20 Å². The van der Waals surface area contributed by atoms with E-state index < -0.39 is 5.97 Å². The van der Waals surface area contributed by atoms with Gasteiger partial charge in [-0.05, 0) is 11.5 Å². The van der Waals surface area contributed by atoms with Crippen molar-refractivity contribution in [2.24, 2.45) is 7.05 Å². The molecule has 0 amide bonds. The first kappa shape index (κ1) is 13.1. The first-order valence-corrected chi connectivity index (χ1v) is 6.48. The molecule has 0 saturated carbocycles. The third-order valence-electron chi connectivity index (χ3n) is 3.18. The monoisotopic (exact) mass is 282 g/mol. The number of aromatic carboxylic acids is 1. The Labute approximate surface area is 121 Å². The third kappa shape index (κ3) is 2.69. The fourth-order valence-corrected chi connectivity index (χ4v) is 2.19. The van der Waals surface area contributed by atoms with E-state index in [4.69, 9.17) is 5.11 Å². The van der Waals surface area contributed by atoms with Gasteiger partial charge in [-0.25, -0.2) is 9.78 Å². The number of aromatic nitrogens is 3. The van der Waals surface area contributed by atoms with E-state index in [1.165, 1.54) is 0 Å². The SMILES string of the molecule is Cn1cc(CNc2nc(C(=O)O)cc3ccccc23)cn1. The fraction of sp³-hybridized carbons (Fsp3) is 0.133. The molecule has 0 aliphatic carbocycles. The van der Waals surface area contributed by atoms with Crippen LogP contribution >= 0.6 is 0 Å². The molecule has 2 N–H and O–H groups in total. The van der Waals surface area contributed by atoms with Crippen molar-refractivity contribution in [2.45, 2.75) is 6.54 Å². The number of rotatable bonds is 4. The van der Waals surface area contributed by atoms with Gasteiger partial charge in [0, 0.05) is 30.7 Å². The van der Waals surface area contributed by atoms with Crippen LogP contribution in [-0.4, -0.2) is 25.8 Å². The highest BCUT2D eigenvalue weighted by atomic mass is 16.4. The quantitative estimate of drug-likeness (QED) is 0.767. The highest BCUT2D eigenvalue weighted by Crippen LogP contribution is 2.23. The number of hydrogen-bond donors (Lipinski definition) is 2. The van der Waals surface area contributed by atoms with Crippen molar-refractivity contribution in [3.63, 3.8) is 0 Å². The van der Waals surface area contributed by atoms with Crippen LogP contribution in [0, 0.1) is 0 Å². The van der Waals surface area contributed by atoms with E-state index in [1.807, 2.05) is 37.5 Å². The van der Waals surface area contributed by atoms with E-state index in [0.717, 1.165) is 16.3 Å². The second-order valence-corrected chi connectivity index (χ2v) is 4.76. The predicted octanol–water partition coefficient (Wildman–Crippen LogP) is 2.28. The molecule has 0 unspecified atom stereocenters. The van der Waals surface area contributed by atoms with Gasteiger partial charge in [0.25, 0.3) is 0 Å². The van der Waals surface area contributed by atoms with E-state index in [2.05, 4.69) is 15.4 Å². The summed E-state index contributed by atoms with van der Waals surface area (Å²) in [5, 5.41) is 18.2. The van der Waals surface area contributed by atoms with Crippen LogP contribution in [-0.2, 0) is 13.6 Å². The van der Waals surface area contributed by atoms with Crippen LogP contribution in [0.5, 0.6) is 0 Å². The summed E-state index contributed by atoms with van der Waals surface area (Å²) in [5.74, 6) is -0.473. The third-order valence-corrected chi connectivity index (χ3v) is 3.18. The van der Waals surface area contributed by atoms with E-state index in [9.17, 15) is 4.79 Å². The number of hydrogen-bond acceptors (Lipinski definition) is 4. The minimum atomic E-state index is -1.04. The number of carboxylic acids is 1. The average Bonchev–Trinajstić information content (AvgIpc) is 2.90. The molecule has 0 bridgehead atoms. The molecule has 2 heterocycles. The Morgan fingerprint density at radius 1 is 1.38 bits per heavy atom. The van der Waals surface area contributed by atoms with Crippen LogP contribution in [0.1, 0.15) is 16.1 Å². The topological polar surface area (TPSA) is 80.0 Å². The lowest BCUT2D eigenvalue weighted by Crippen LogP contribution is -2.06. The Morgan fingerprint density at radius 3 is 2.90 bits per heavy atom. The number of carboxylic acid groups (broad SMARTS) is 1. The lowest BCUT2D eigenvalue weighted by Gasteiger charge is -2.09. The number of nitrogens with zero attached hydrogens (tertiary/aromatic N) is 3. The molecule has 6 heteroatoms. The van der Waals surface area contributed by atoms with Crippen LogP contribution in [0.3, 0.4) is 0 Å². The van der Waals surface area contributed by atoms with Gasteiger partial charge in [0.2, 0.25) is 0 Å². The summed E-state index contributed by atoms with van der Waals surface area (Å²) in [7, 11) is 1.85. The Balaban J connectivity index is 1.97. The first-order chi connectivity index (χ1) is 10.1. The second kappa shape index (κ2) is 5.24. The van der Waals surface area contributed by atoms with E-state index in [-0.39, 0.29) is 5.69 Å². The molecule has 0 aliphatic heterocycles. The Kier molecular flexibility index (Phi) is 3.27. The molecule has 6 nitrogen and oxygen atoms in total. The molecule has 0 saturated heterocycles. The predicted molar refractivity (Wildman–Crippen MR) is 79.2 cm³/mol. The van der Waals surface area contributed by atoms with E-state index >= 15 is 0 Å². The number of aryl methyl sites for hydroxylation is 1. The number of anilines is 1. The standard InChI is InChI=1S/C15H14N4O2/c1-19-9-10(8-17-19)7-16-14-12-5-3-2-4-11(12)6-13(18-14)15(20)21/h2-6,8-9H,7H2,1H3,(H,16,18)(H,20,21). The van der Waals surface area contributed by atoms with E-state index in [0.29, 0.717) is 12.4 Å². The molecule has 0 fully saturated rings. The molecule has 2 aromatic heterocycles. The van der Waals surface area contributed by atoms with Gasteiger partial charge in [-0.1, -0.05) is 24.3 Å². The zero-order chi connectivity index (χ0) is 14.8. The second-order valence-electron chi connectivity index (χ2n) is 4.76. The molecular formula is C15H14N4O2. The van der Waals surface area contributed by atoms with Crippen molar-refractivity contribution in [2.75, 3.05) is 5.32 Å². The van der Waals surface area contributed by atoms with Crippen LogP contribution in [0.25, 0.3) is 10.8 Å². The summed E-state index contributed by atoms with van der Waals surface area (Å²) in [6.07, 6.45) is 3.66. The lowest BCUT2D eigenvalue weighted by atomic mass is 10.1. The summed E-state index contributed by atoms with van der Waals surface area (Å²) < 4.78 is 1.72. The smallest absolute Gasteiger partial charge is 0.354 e. The number of nitrogens with one attached hydrogen (secondary N) is 1. The van der Waals surface area contributed by atoms with Crippen molar-refractivity contribution >= 4 is 22.6 Å². The first-order valence-electron chi connectivity index (χ1n) is 6.48. The maximum atomic E-state index is 11.2. The minimum absolute atomic E-state index is 0.0300. The molecule has 0 aliphatic rings. The number of pyridine rings is 1. The van der Waals surface area contributed by atoms with Gasteiger partial charge in [0.1, 0.15) is 5.82 Å². The molecule has 0 spiro atoms. The van der Waals surface area contributed by atoms with Gasteiger partial charge in [-0.15, -0.1) is 0 Å². The van der Waals surface area contributed by atoms with Crippen LogP contribution in [0.2, 0.25) is 0 Å². The molecule has 3 rings (SSSR count). The zero-order valence-electron chi connectivity index (χ0n) is 11.4. The molecule has 21 heavy (non-hydrogen) atoms. The Bertz CT molecular complexity index is 810. The number of fused-ring (bicyclic) bond motifs is 1. The van der Waals surface area contributed by atoms with Gasteiger partial charge in [-0.3, -0.25) is 4.68 Å². The summed E-state index contributed by atoms with van der Waals surface area (Å²) in [6, 6.07) is 9.14. The van der Waals surface area contributed by atoms with Crippen molar-refractivity contribution in [3.8, 4) is 0 Å². The average molecular weight is 282 g/mol. The van der Waals surface area contributed by atoms with Crippen molar-refractivity contribution in [3.05, 3.63) is 54.0 Å². The van der Waals surface area contributed by atoms with Crippen LogP contribution < -0.4 is 5.32 Å². The summed E-state index contributed by atoms with van der Waals surface area (Å²) in [5.41, 5.74) is 1.03. The molecule has 0 atom stereocenters. The summed E-state index contributed by atoms with van der Waals surface area (Å²) in [4.78, 5) is 15.4. The molecule has 106 valence electrons. The Hall–Kier alpha value is -2.89.